The monoisotopic (exact) mass is 542 g/mol. The van der Waals surface area contributed by atoms with Gasteiger partial charge in [-0.15, -0.1) is 0 Å². The van der Waals surface area contributed by atoms with Crippen LogP contribution in [0, 0.1) is 10.1 Å². The van der Waals surface area contributed by atoms with Crippen molar-refractivity contribution in [2.75, 3.05) is 31.1 Å². The maximum Gasteiger partial charge on any atom is 0.423 e. The summed E-state index contributed by atoms with van der Waals surface area (Å²) in [5.41, 5.74) is -2.35. The number of aromatic nitrogens is 1. The second-order valence-corrected chi connectivity index (χ2v) is 9.41. The highest BCUT2D eigenvalue weighted by Crippen LogP contribution is 2.39. The molecule has 13 heteroatoms. The fraction of sp³-hybridized carbons (Fsp3) is 0.500. The second-order valence-electron chi connectivity index (χ2n) is 8.97. The van der Waals surface area contributed by atoms with Crippen LogP contribution in [0.15, 0.2) is 36.5 Å². The number of benzene rings is 1. The second kappa shape index (κ2) is 11.6. The van der Waals surface area contributed by atoms with Crippen molar-refractivity contribution in [2.24, 2.45) is 0 Å². The van der Waals surface area contributed by atoms with E-state index in [2.05, 4.69) is 9.88 Å². The Balaban J connectivity index is 1.27. The molecule has 1 aliphatic carbocycles. The number of aldehydes is 1. The van der Waals surface area contributed by atoms with E-state index < -0.39 is 28.6 Å². The predicted molar refractivity (Wildman–Crippen MR) is 129 cm³/mol. The van der Waals surface area contributed by atoms with Crippen molar-refractivity contribution in [3.05, 3.63) is 57.2 Å². The molecule has 1 unspecified atom stereocenters. The van der Waals surface area contributed by atoms with Gasteiger partial charge < -0.3 is 14.4 Å². The average molecular weight is 543 g/mol. The molecule has 9 nitrogen and oxygen atoms in total. The largest absolute Gasteiger partial charge is 0.490 e. The standard InChI is InChI=1S/C24H26ClF3N4O5/c25-16-1-8-22(29-14-16)30-9-11-31(12-10-30)23(15-33)37-18-4-2-17(3-5-18)36-19-6-7-21(32(34)35)20(13-19)24(26,27)28/h1,6-8,13-15,17-18,23H,2-5,9-12H2. The molecule has 1 aliphatic heterocycles. The van der Waals surface area contributed by atoms with Gasteiger partial charge in [0.1, 0.15) is 17.1 Å². The summed E-state index contributed by atoms with van der Waals surface area (Å²) in [5, 5.41) is 11.5. The smallest absolute Gasteiger partial charge is 0.423 e. The number of piperazine rings is 1. The molecule has 0 amide bonds. The van der Waals surface area contributed by atoms with Crippen molar-refractivity contribution in [3.8, 4) is 5.75 Å². The Hall–Kier alpha value is -2.96. The van der Waals surface area contributed by atoms with Gasteiger partial charge in [0.2, 0.25) is 0 Å². The molecule has 0 spiro atoms. The zero-order valence-electron chi connectivity index (χ0n) is 19.8. The van der Waals surface area contributed by atoms with Crippen molar-refractivity contribution in [2.45, 2.75) is 50.3 Å². The number of alkyl halides is 3. The fourth-order valence-electron chi connectivity index (χ4n) is 4.62. The van der Waals surface area contributed by atoms with Crippen LogP contribution < -0.4 is 9.64 Å². The van der Waals surface area contributed by atoms with E-state index in [1.165, 1.54) is 6.07 Å². The van der Waals surface area contributed by atoms with E-state index in [0.717, 1.165) is 18.2 Å². The first kappa shape index (κ1) is 27.1. The number of carbonyl (C=O) groups excluding carboxylic acids is 1. The molecule has 1 atom stereocenters. The third kappa shape index (κ3) is 6.88. The minimum Gasteiger partial charge on any atom is -0.490 e. The van der Waals surface area contributed by atoms with Gasteiger partial charge in [0, 0.05) is 38.4 Å². The van der Waals surface area contributed by atoms with Gasteiger partial charge in [0.05, 0.1) is 22.2 Å². The summed E-state index contributed by atoms with van der Waals surface area (Å²) in [5.74, 6) is 0.752. The van der Waals surface area contributed by atoms with Crippen molar-refractivity contribution >= 4 is 29.4 Å². The lowest BCUT2D eigenvalue weighted by molar-refractivity contribution is -0.388. The molecule has 1 saturated heterocycles. The van der Waals surface area contributed by atoms with E-state index in [4.69, 9.17) is 21.1 Å². The van der Waals surface area contributed by atoms with Crippen molar-refractivity contribution in [1.29, 1.82) is 0 Å². The zero-order chi connectivity index (χ0) is 26.6. The minimum absolute atomic E-state index is 0.0684. The first-order valence-corrected chi connectivity index (χ1v) is 12.3. The predicted octanol–water partition coefficient (Wildman–Crippen LogP) is 4.72. The van der Waals surface area contributed by atoms with Crippen LogP contribution in [0.1, 0.15) is 31.2 Å². The number of halogens is 4. The van der Waals surface area contributed by atoms with Gasteiger partial charge in [-0.05, 0) is 49.9 Å². The van der Waals surface area contributed by atoms with Gasteiger partial charge in [-0.2, -0.15) is 13.2 Å². The highest BCUT2D eigenvalue weighted by atomic mass is 35.5. The number of hydrogen-bond donors (Lipinski definition) is 0. The molecule has 1 aromatic carbocycles. The molecule has 2 aliphatic rings. The lowest BCUT2D eigenvalue weighted by atomic mass is 9.94. The molecule has 4 rings (SSSR count). The lowest BCUT2D eigenvalue weighted by Crippen LogP contribution is -2.52. The van der Waals surface area contributed by atoms with E-state index in [0.29, 0.717) is 63.0 Å². The van der Waals surface area contributed by atoms with Gasteiger partial charge in [-0.3, -0.25) is 19.8 Å². The number of rotatable bonds is 8. The normalized spacial score (nSPS) is 21.9. The number of pyridine rings is 1. The van der Waals surface area contributed by atoms with Crippen LogP contribution in [0.4, 0.5) is 24.7 Å². The van der Waals surface area contributed by atoms with Crippen LogP contribution >= 0.6 is 11.6 Å². The Bertz CT molecular complexity index is 1090. The summed E-state index contributed by atoms with van der Waals surface area (Å²) in [4.78, 5) is 30.1. The maximum absolute atomic E-state index is 13.2. The number of carbonyl (C=O) groups is 1. The first-order chi connectivity index (χ1) is 17.6. The van der Waals surface area contributed by atoms with Crippen LogP contribution in [0.5, 0.6) is 5.75 Å². The number of nitro benzene ring substituents is 1. The molecule has 0 N–H and O–H groups in total. The minimum atomic E-state index is -4.87. The summed E-state index contributed by atoms with van der Waals surface area (Å²) < 4.78 is 51.5. The van der Waals surface area contributed by atoms with Gasteiger partial charge in [0.25, 0.3) is 5.69 Å². The summed E-state index contributed by atoms with van der Waals surface area (Å²) >= 11 is 5.90. The van der Waals surface area contributed by atoms with E-state index in [-0.39, 0.29) is 18.0 Å². The van der Waals surface area contributed by atoms with Crippen molar-refractivity contribution < 1.29 is 32.4 Å². The molecule has 200 valence electrons. The topological polar surface area (TPSA) is 98.0 Å². The zero-order valence-corrected chi connectivity index (χ0v) is 20.5. The summed E-state index contributed by atoms with van der Waals surface area (Å²) in [6.07, 6.45) is -1.53. The Labute approximate surface area is 216 Å². The number of nitrogens with zero attached hydrogens (tertiary/aromatic N) is 4. The van der Waals surface area contributed by atoms with Crippen LogP contribution in [0.2, 0.25) is 5.02 Å². The fourth-order valence-corrected chi connectivity index (χ4v) is 4.73. The Kier molecular flexibility index (Phi) is 8.50. The molecule has 2 fully saturated rings. The van der Waals surface area contributed by atoms with Crippen LogP contribution in [-0.4, -0.2) is 65.7 Å². The van der Waals surface area contributed by atoms with Crippen molar-refractivity contribution in [1.82, 2.24) is 9.88 Å². The summed E-state index contributed by atoms with van der Waals surface area (Å²) in [7, 11) is 0. The van der Waals surface area contributed by atoms with Crippen molar-refractivity contribution in [3.63, 3.8) is 0 Å². The van der Waals surface area contributed by atoms with E-state index in [1.807, 2.05) is 11.0 Å². The van der Waals surface area contributed by atoms with Gasteiger partial charge in [-0.1, -0.05) is 11.6 Å². The molecular weight excluding hydrogens is 517 g/mol. The maximum atomic E-state index is 13.2. The molecule has 1 aromatic heterocycles. The summed E-state index contributed by atoms with van der Waals surface area (Å²) in [6, 6.07) is 6.29. The molecule has 1 saturated carbocycles. The van der Waals surface area contributed by atoms with Crippen LogP contribution in [0.25, 0.3) is 0 Å². The highest BCUT2D eigenvalue weighted by Gasteiger charge is 2.39. The van der Waals surface area contributed by atoms with E-state index in [9.17, 15) is 28.1 Å². The first-order valence-electron chi connectivity index (χ1n) is 11.9. The van der Waals surface area contributed by atoms with Gasteiger partial charge in [0.15, 0.2) is 12.5 Å². The van der Waals surface area contributed by atoms with Gasteiger partial charge >= 0.3 is 6.18 Å². The van der Waals surface area contributed by atoms with E-state index in [1.54, 1.807) is 12.3 Å². The van der Waals surface area contributed by atoms with Gasteiger partial charge in [-0.25, -0.2) is 4.98 Å². The number of hydrogen-bond acceptors (Lipinski definition) is 8. The molecule has 0 radical (unpaired) electrons. The average Bonchev–Trinajstić information content (AvgIpc) is 2.88. The quantitative estimate of drug-likeness (QED) is 0.269. The van der Waals surface area contributed by atoms with Crippen LogP contribution in [-0.2, 0) is 15.7 Å². The number of anilines is 1. The molecule has 37 heavy (non-hydrogen) atoms. The molecule has 2 heterocycles. The highest BCUT2D eigenvalue weighted by molar-refractivity contribution is 6.30. The third-order valence-corrected chi connectivity index (χ3v) is 6.78. The molecular formula is C24H26ClF3N4O5. The lowest BCUT2D eigenvalue weighted by Gasteiger charge is -2.39. The Morgan fingerprint density at radius 1 is 1.08 bits per heavy atom. The number of ether oxygens (including phenoxy) is 2. The molecule has 2 aromatic rings. The number of nitro groups is 1. The molecule has 0 bridgehead atoms. The summed E-state index contributed by atoms with van der Waals surface area (Å²) in [6.45, 7) is 2.60. The SMILES string of the molecule is O=CC(OC1CCC(Oc2ccc([N+](=O)[O-])c(C(F)(F)F)c2)CC1)N1CCN(c2ccc(Cl)cn2)CC1. The third-order valence-electron chi connectivity index (χ3n) is 6.55. The van der Waals surface area contributed by atoms with E-state index >= 15 is 0 Å². The Morgan fingerprint density at radius 3 is 2.32 bits per heavy atom. The van der Waals surface area contributed by atoms with Crippen LogP contribution in [0.3, 0.4) is 0 Å². The Morgan fingerprint density at radius 2 is 1.76 bits per heavy atom.